The Kier molecular flexibility index (Phi) is 4.20. The summed E-state index contributed by atoms with van der Waals surface area (Å²) in [5, 5.41) is 18.5. The second-order valence-electron chi connectivity index (χ2n) is 4.40. The number of benzene rings is 1. The van der Waals surface area contributed by atoms with Gasteiger partial charge in [-0.2, -0.15) is 0 Å². The molecule has 0 radical (unpaired) electrons. The molecule has 0 saturated carbocycles. The fraction of sp³-hybridized carbons (Fsp3) is 0.455. The van der Waals surface area contributed by atoms with E-state index in [1.807, 2.05) is 0 Å². The fourth-order valence-electron chi connectivity index (χ4n) is 1.30. The second-order valence-corrected chi connectivity index (χ2v) is 6.08. The smallest absolute Gasteiger partial charge is 0.241 e. The lowest BCUT2D eigenvalue weighted by Gasteiger charge is -2.26. The zero-order valence-electron chi connectivity index (χ0n) is 10.3. The molecule has 0 aliphatic rings. The van der Waals surface area contributed by atoms with Crippen molar-refractivity contribution >= 4 is 15.7 Å². The van der Waals surface area contributed by atoms with E-state index in [0.29, 0.717) is 6.42 Å². The van der Waals surface area contributed by atoms with E-state index in [0.717, 1.165) is 0 Å². The summed E-state index contributed by atoms with van der Waals surface area (Å²) in [5.41, 5.74) is 4.52. The molecule has 102 valence electrons. The maximum absolute atomic E-state index is 12.1. The molecule has 0 saturated heterocycles. The first-order valence-corrected chi connectivity index (χ1v) is 6.96. The summed E-state index contributed by atoms with van der Waals surface area (Å²) >= 11 is 0. The number of nitrogen functional groups attached to an aromatic ring is 1. The van der Waals surface area contributed by atoms with E-state index in [4.69, 9.17) is 5.73 Å². The highest BCUT2D eigenvalue weighted by atomic mass is 32.2. The summed E-state index contributed by atoms with van der Waals surface area (Å²) in [6.07, 6.45) is 0.441. The molecule has 1 rings (SSSR count). The number of phenolic OH excluding ortho intramolecular Hbond substituents is 1. The van der Waals surface area contributed by atoms with Gasteiger partial charge < -0.3 is 15.9 Å². The van der Waals surface area contributed by atoms with Crippen molar-refractivity contribution in [3.63, 3.8) is 0 Å². The monoisotopic (exact) mass is 274 g/mol. The molecule has 0 bridgehead atoms. The molecule has 0 fully saturated rings. The molecule has 1 atom stereocenters. The summed E-state index contributed by atoms with van der Waals surface area (Å²) in [4.78, 5) is -0.0501. The Bertz CT molecular complexity index is 524. The predicted molar refractivity (Wildman–Crippen MR) is 68.6 cm³/mol. The summed E-state index contributed by atoms with van der Waals surface area (Å²) in [7, 11) is -3.78. The highest BCUT2D eigenvalue weighted by Gasteiger charge is 2.28. The number of nitrogens with one attached hydrogen (secondary N) is 1. The van der Waals surface area contributed by atoms with E-state index >= 15 is 0 Å². The highest BCUT2D eigenvalue weighted by molar-refractivity contribution is 7.89. The van der Waals surface area contributed by atoms with Gasteiger partial charge in [0, 0.05) is 0 Å². The Balaban J connectivity index is 3.10. The van der Waals surface area contributed by atoms with Gasteiger partial charge in [-0.1, -0.05) is 6.92 Å². The van der Waals surface area contributed by atoms with Crippen LogP contribution in [0.15, 0.2) is 23.1 Å². The van der Waals surface area contributed by atoms with Crippen LogP contribution in [0.3, 0.4) is 0 Å². The summed E-state index contributed by atoms with van der Waals surface area (Å²) in [6.45, 7) is 3.06. The number of sulfonamides is 1. The molecule has 6 nitrogen and oxygen atoms in total. The van der Waals surface area contributed by atoms with Crippen molar-refractivity contribution in [2.75, 3.05) is 12.3 Å². The number of nitrogens with two attached hydrogens (primary N) is 1. The normalized spacial score (nSPS) is 15.3. The van der Waals surface area contributed by atoms with E-state index in [9.17, 15) is 18.6 Å². The topological polar surface area (TPSA) is 113 Å². The number of anilines is 1. The van der Waals surface area contributed by atoms with Crippen LogP contribution in [0.4, 0.5) is 5.69 Å². The van der Waals surface area contributed by atoms with E-state index in [1.54, 1.807) is 13.8 Å². The Labute approximate surface area is 106 Å². The standard InChI is InChI=1S/C11H18N2O4S/c1-3-11(2,7-14)13-18(16,17)8-4-5-10(15)9(12)6-8/h4-6,13-15H,3,7,12H2,1-2H3. The number of phenols is 1. The lowest BCUT2D eigenvalue weighted by molar-refractivity contribution is 0.191. The molecule has 0 heterocycles. The van der Waals surface area contributed by atoms with Gasteiger partial charge in [-0.15, -0.1) is 0 Å². The molecule has 1 aromatic rings. The number of aliphatic hydroxyl groups excluding tert-OH is 1. The number of aromatic hydroxyl groups is 1. The van der Waals surface area contributed by atoms with Crippen LogP contribution < -0.4 is 10.5 Å². The quantitative estimate of drug-likeness (QED) is 0.459. The predicted octanol–water partition coefficient (Wildman–Crippen LogP) is 0.414. The minimum absolute atomic E-state index is 0.0138. The third kappa shape index (κ3) is 3.12. The van der Waals surface area contributed by atoms with Gasteiger partial charge in [-0.05, 0) is 31.5 Å². The molecule has 0 aliphatic heterocycles. The van der Waals surface area contributed by atoms with Crippen LogP contribution in [0.25, 0.3) is 0 Å². The van der Waals surface area contributed by atoms with Crippen molar-refractivity contribution in [3.8, 4) is 5.75 Å². The summed E-state index contributed by atoms with van der Waals surface area (Å²) in [5.74, 6) is -0.172. The minimum atomic E-state index is -3.78. The third-order valence-electron chi connectivity index (χ3n) is 2.82. The van der Waals surface area contributed by atoms with E-state index in [-0.39, 0.29) is 22.9 Å². The zero-order valence-corrected chi connectivity index (χ0v) is 11.2. The van der Waals surface area contributed by atoms with Gasteiger partial charge in [0.1, 0.15) is 5.75 Å². The highest BCUT2D eigenvalue weighted by Crippen LogP contribution is 2.24. The zero-order chi connectivity index (χ0) is 14.0. The summed E-state index contributed by atoms with van der Waals surface area (Å²) in [6, 6.07) is 3.64. The molecule has 1 unspecified atom stereocenters. The number of hydrogen-bond acceptors (Lipinski definition) is 5. The van der Waals surface area contributed by atoms with Crippen molar-refractivity contribution < 1.29 is 18.6 Å². The van der Waals surface area contributed by atoms with Gasteiger partial charge in [0.2, 0.25) is 10.0 Å². The largest absolute Gasteiger partial charge is 0.506 e. The second kappa shape index (κ2) is 5.13. The molecule has 0 aliphatic carbocycles. The SMILES string of the molecule is CCC(C)(CO)NS(=O)(=O)c1ccc(O)c(N)c1. The van der Waals surface area contributed by atoms with Crippen LogP contribution in [0.1, 0.15) is 20.3 Å². The first-order chi connectivity index (χ1) is 8.24. The average Bonchev–Trinajstić information content (AvgIpc) is 2.32. The van der Waals surface area contributed by atoms with Crippen LogP contribution in [-0.2, 0) is 10.0 Å². The van der Waals surface area contributed by atoms with Gasteiger partial charge in [0.15, 0.2) is 0 Å². The molecule has 7 heteroatoms. The third-order valence-corrected chi connectivity index (χ3v) is 4.46. The molecule has 1 aromatic carbocycles. The van der Waals surface area contributed by atoms with E-state index in [2.05, 4.69) is 4.72 Å². The van der Waals surface area contributed by atoms with Crippen molar-refractivity contribution in [1.82, 2.24) is 4.72 Å². The van der Waals surface area contributed by atoms with Crippen LogP contribution >= 0.6 is 0 Å². The minimum Gasteiger partial charge on any atom is -0.506 e. The van der Waals surface area contributed by atoms with Crippen LogP contribution in [-0.4, -0.2) is 30.8 Å². The Morgan fingerprint density at radius 2 is 2.06 bits per heavy atom. The van der Waals surface area contributed by atoms with Gasteiger partial charge in [0.25, 0.3) is 0 Å². The lowest BCUT2D eigenvalue weighted by Crippen LogP contribution is -2.48. The molecule has 0 amide bonds. The van der Waals surface area contributed by atoms with Gasteiger partial charge in [-0.3, -0.25) is 0 Å². The van der Waals surface area contributed by atoms with Crippen molar-refractivity contribution in [2.45, 2.75) is 30.7 Å². The fourth-order valence-corrected chi connectivity index (χ4v) is 2.80. The number of aliphatic hydroxyl groups is 1. The molecule has 18 heavy (non-hydrogen) atoms. The average molecular weight is 274 g/mol. The first-order valence-electron chi connectivity index (χ1n) is 5.47. The number of rotatable bonds is 5. The van der Waals surface area contributed by atoms with E-state index < -0.39 is 15.6 Å². The number of hydrogen-bond donors (Lipinski definition) is 4. The maximum Gasteiger partial charge on any atom is 0.241 e. The van der Waals surface area contributed by atoms with Crippen molar-refractivity contribution in [2.24, 2.45) is 0 Å². The van der Waals surface area contributed by atoms with Gasteiger partial charge in [-0.25, -0.2) is 13.1 Å². The lowest BCUT2D eigenvalue weighted by atomic mass is 10.0. The first kappa shape index (κ1) is 14.7. The van der Waals surface area contributed by atoms with Gasteiger partial charge in [0.05, 0.1) is 22.7 Å². The van der Waals surface area contributed by atoms with Crippen molar-refractivity contribution in [1.29, 1.82) is 0 Å². The Hall–Kier alpha value is -1.31. The van der Waals surface area contributed by atoms with Crippen LogP contribution in [0.5, 0.6) is 5.75 Å². The van der Waals surface area contributed by atoms with Crippen LogP contribution in [0, 0.1) is 0 Å². The molecular formula is C11H18N2O4S. The van der Waals surface area contributed by atoms with E-state index in [1.165, 1.54) is 18.2 Å². The van der Waals surface area contributed by atoms with Crippen LogP contribution in [0.2, 0.25) is 0 Å². The summed E-state index contributed by atoms with van der Waals surface area (Å²) < 4.78 is 26.6. The molecule has 0 spiro atoms. The Morgan fingerprint density at radius 1 is 1.44 bits per heavy atom. The Morgan fingerprint density at radius 3 is 2.50 bits per heavy atom. The van der Waals surface area contributed by atoms with Gasteiger partial charge >= 0.3 is 0 Å². The molecular weight excluding hydrogens is 256 g/mol. The molecule has 5 N–H and O–H groups in total. The molecule has 0 aromatic heterocycles. The maximum atomic E-state index is 12.1. The van der Waals surface area contributed by atoms with Crippen molar-refractivity contribution in [3.05, 3.63) is 18.2 Å².